The molecule has 0 bridgehead atoms. The maximum Gasteiger partial charge on any atom is 0.192 e. The molecule has 1 atom stereocenters. The molecule has 0 aliphatic heterocycles. The van der Waals surface area contributed by atoms with E-state index in [2.05, 4.69) is 34.6 Å². The van der Waals surface area contributed by atoms with Crippen LogP contribution < -0.4 is 0 Å². The quantitative estimate of drug-likeness (QED) is 0.352. The van der Waals surface area contributed by atoms with Gasteiger partial charge in [-0.05, 0) is 13.3 Å². The normalized spacial score (nSPS) is 14.2. The van der Waals surface area contributed by atoms with E-state index in [4.69, 9.17) is 4.74 Å². The van der Waals surface area contributed by atoms with Crippen LogP contribution in [0.1, 0.15) is 26.7 Å². The van der Waals surface area contributed by atoms with Crippen molar-refractivity contribution in [1.29, 1.82) is 0 Å². The van der Waals surface area contributed by atoms with E-state index in [1.807, 2.05) is 6.92 Å². The third-order valence-corrected chi connectivity index (χ3v) is 1.92. The zero-order chi connectivity index (χ0) is 10.5. The van der Waals surface area contributed by atoms with Crippen LogP contribution in [0.3, 0.4) is 0 Å². The van der Waals surface area contributed by atoms with Crippen LogP contribution in [-0.4, -0.2) is 38.5 Å². The fraction of sp³-hybridized carbons (Fsp3) is 0.818. The highest BCUT2D eigenvalue weighted by Crippen LogP contribution is 2.12. The molecule has 0 aliphatic rings. The third kappa shape index (κ3) is 5.83. The summed E-state index contributed by atoms with van der Waals surface area (Å²) in [7, 11) is 6.50. The molecule has 0 heterocycles. The third-order valence-electron chi connectivity index (χ3n) is 1.92. The van der Waals surface area contributed by atoms with E-state index < -0.39 is 0 Å². The van der Waals surface area contributed by atoms with Crippen LogP contribution in [0.25, 0.3) is 0 Å². The minimum absolute atomic E-state index is 0.293. The first-order valence-electron chi connectivity index (χ1n) is 4.95. The number of rotatable bonds is 6. The molecule has 0 aromatic rings. The number of nitrogens with zero attached hydrogens (tertiary/aromatic N) is 1. The molecule has 0 aromatic carbocycles. The number of hydrogen-bond donors (Lipinski definition) is 0. The highest BCUT2D eigenvalue weighted by atomic mass is 16.5. The Hall–Kier alpha value is -0.340. The molecule has 0 saturated heterocycles. The summed E-state index contributed by atoms with van der Waals surface area (Å²) in [6.45, 7) is 8.70. The zero-order valence-corrected chi connectivity index (χ0v) is 9.76. The molecule has 0 aromatic heterocycles. The summed E-state index contributed by atoms with van der Waals surface area (Å²) in [6, 6.07) is 0. The Balaban J connectivity index is 4.02. The monoisotopic (exact) mass is 186 g/mol. The summed E-state index contributed by atoms with van der Waals surface area (Å²) < 4.78 is 6.64. The van der Waals surface area contributed by atoms with Gasteiger partial charge in [0.25, 0.3) is 0 Å². The fourth-order valence-electron chi connectivity index (χ4n) is 1.18. The molecule has 0 amide bonds. The number of quaternary nitrogens is 1. The lowest BCUT2D eigenvalue weighted by atomic mass is 10.2. The van der Waals surface area contributed by atoms with Gasteiger partial charge in [0.15, 0.2) is 6.23 Å². The summed E-state index contributed by atoms with van der Waals surface area (Å²) in [5, 5.41) is 0. The van der Waals surface area contributed by atoms with Gasteiger partial charge in [-0.1, -0.05) is 19.1 Å². The van der Waals surface area contributed by atoms with Crippen LogP contribution >= 0.6 is 0 Å². The molecular formula is C11H24NO+. The van der Waals surface area contributed by atoms with Gasteiger partial charge in [0.05, 0.1) is 27.7 Å². The topological polar surface area (TPSA) is 9.23 Å². The van der Waals surface area contributed by atoms with E-state index in [-0.39, 0.29) is 0 Å². The van der Waals surface area contributed by atoms with Crippen molar-refractivity contribution in [1.82, 2.24) is 0 Å². The molecule has 0 N–H and O–H groups in total. The molecule has 0 saturated carbocycles. The minimum Gasteiger partial charge on any atom is -0.325 e. The summed E-state index contributed by atoms with van der Waals surface area (Å²) in [6.07, 6.45) is 2.56. The van der Waals surface area contributed by atoms with Crippen molar-refractivity contribution in [2.45, 2.75) is 32.9 Å². The summed E-state index contributed by atoms with van der Waals surface area (Å²) in [4.78, 5) is 0. The van der Waals surface area contributed by atoms with Crippen molar-refractivity contribution in [3.63, 3.8) is 0 Å². The van der Waals surface area contributed by atoms with Crippen molar-refractivity contribution in [3.8, 4) is 0 Å². The van der Waals surface area contributed by atoms with Crippen molar-refractivity contribution in [2.24, 2.45) is 0 Å². The number of ether oxygens (including phenoxy) is 1. The van der Waals surface area contributed by atoms with E-state index in [9.17, 15) is 0 Å². The first-order valence-corrected chi connectivity index (χ1v) is 4.95. The number of hydrogen-bond acceptors (Lipinski definition) is 1. The van der Waals surface area contributed by atoms with Crippen molar-refractivity contribution in [3.05, 3.63) is 12.2 Å². The second-order valence-electron chi connectivity index (χ2n) is 4.63. The summed E-state index contributed by atoms with van der Waals surface area (Å²) in [5.74, 6) is 0. The van der Waals surface area contributed by atoms with Gasteiger partial charge in [0.1, 0.15) is 0 Å². The molecule has 0 aliphatic carbocycles. The molecule has 2 heteroatoms. The Labute approximate surface area is 82.8 Å². The Morgan fingerprint density at radius 1 is 1.38 bits per heavy atom. The maximum absolute atomic E-state index is 5.78. The standard InChI is InChI=1S/C11H24NO/c1-7-8-11(12(4,5)6)13-9-10(2)3/h11H,2,7-9H2,1,3-6H3/q+1. The van der Waals surface area contributed by atoms with E-state index in [1.165, 1.54) is 0 Å². The van der Waals surface area contributed by atoms with Crippen molar-refractivity contribution in [2.75, 3.05) is 27.7 Å². The van der Waals surface area contributed by atoms with E-state index in [0.29, 0.717) is 12.8 Å². The molecule has 13 heavy (non-hydrogen) atoms. The lowest BCUT2D eigenvalue weighted by Crippen LogP contribution is -2.46. The summed E-state index contributed by atoms with van der Waals surface area (Å²) in [5.41, 5.74) is 1.09. The average Bonchev–Trinajstić information content (AvgIpc) is 1.95. The van der Waals surface area contributed by atoms with Gasteiger partial charge in [-0.25, -0.2) is 0 Å². The Bertz CT molecular complexity index is 158. The largest absolute Gasteiger partial charge is 0.325 e. The van der Waals surface area contributed by atoms with Gasteiger partial charge in [-0.3, -0.25) is 0 Å². The molecule has 1 unspecified atom stereocenters. The van der Waals surface area contributed by atoms with Crippen LogP contribution in [0.5, 0.6) is 0 Å². The molecule has 0 fully saturated rings. The second-order valence-corrected chi connectivity index (χ2v) is 4.63. The van der Waals surface area contributed by atoms with Crippen LogP contribution in [0.4, 0.5) is 0 Å². The first-order chi connectivity index (χ1) is 5.88. The van der Waals surface area contributed by atoms with E-state index in [1.54, 1.807) is 0 Å². The molecule has 0 radical (unpaired) electrons. The van der Waals surface area contributed by atoms with Gasteiger partial charge in [0, 0.05) is 6.42 Å². The Morgan fingerprint density at radius 2 is 1.92 bits per heavy atom. The predicted octanol–water partition coefficient (Wildman–Crippen LogP) is 2.41. The predicted molar refractivity (Wildman–Crippen MR) is 57.5 cm³/mol. The van der Waals surface area contributed by atoms with Crippen LogP contribution in [-0.2, 0) is 4.74 Å². The smallest absolute Gasteiger partial charge is 0.192 e. The molecule has 78 valence electrons. The van der Waals surface area contributed by atoms with Gasteiger partial charge in [-0.2, -0.15) is 0 Å². The molecule has 0 rings (SSSR count). The Kier molecular flexibility index (Phi) is 5.26. The van der Waals surface area contributed by atoms with Gasteiger partial charge in [0.2, 0.25) is 0 Å². The van der Waals surface area contributed by atoms with Crippen LogP contribution in [0.15, 0.2) is 12.2 Å². The van der Waals surface area contributed by atoms with E-state index in [0.717, 1.165) is 22.9 Å². The molecule has 0 spiro atoms. The molecular weight excluding hydrogens is 162 g/mol. The highest BCUT2D eigenvalue weighted by Gasteiger charge is 2.22. The SMILES string of the molecule is C=C(C)COC(CCC)[N+](C)(C)C. The summed E-state index contributed by atoms with van der Waals surface area (Å²) >= 11 is 0. The van der Waals surface area contributed by atoms with Crippen molar-refractivity contribution >= 4 is 0 Å². The van der Waals surface area contributed by atoms with Gasteiger partial charge >= 0.3 is 0 Å². The lowest BCUT2D eigenvalue weighted by molar-refractivity contribution is -0.920. The maximum atomic E-state index is 5.78. The van der Waals surface area contributed by atoms with Gasteiger partial charge < -0.3 is 9.22 Å². The van der Waals surface area contributed by atoms with Crippen LogP contribution in [0, 0.1) is 0 Å². The van der Waals surface area contributed by atoms with Crippen LogP contribution in [0.2, 0.25) is 0 Å². The van der Waals surface area contributed by atoms with Crippen molar-refractivity contribution < 1.29 is 9.22 Å². The molecule has 2 nitrogen and oxygen atoms in total. The van der Waals surface area contributed by atoms with Gasteiger partial charge in [-0.15, -0.1) is 0 Å². The Morgan fingerprint density at radius 3 is 2.23 bits per heavy atom. The zero-order valence-electron chi connectivity index (χ0n) is 9.76. The van der Waals surface area contributed by atoms with E-state index >= 15 is 0 Å². The second kappa shape index (κ2) is 5.40. The highest BCUT2D eigenvalue weighted by molar-refractivity contribution is 4.87. The minimum atomic E-state index is 0.293. The average molecular weight is 186 g/mol. The lowest BCUT2D eigenvalue weighted by Gasteiger charge is -2.33. The first kappa shape index (κ1) is 12.7. The fourth-order valence-corrected chi connectivity index (χ4v) is 1.18.